The van der Waals surface area contributed by atoms with Gasteiger partial charge in [0.05, 0.1) is 0 Å². The second kappa shape index (κ2) is 19.5. The second-order valence-electron chi connectivity index (χ2n) is 11.6. The average Bonchev–Trinajstić information content (AvgIpc) is 2.88. The van der Waals surface area contributed by atoms with Gasteiger partial charge in [0.2, 0.25) is 0 Å². The third-order valence-electron chi connectivity index (χ3n) is 9.86. The normalized spacial score (nSPS) is 13.2. The summed E-state index contributed by atoms with van der Waals surface area (Å²) in [5, 5.41) is 1.74. The monoisotopic (exact) mass is 497 g/mol. The van der Waals surface area contributed by atoms with E-state index in [-0.39, 0.29) is 7.92 Å². The molecule has 0 aliphatic rings. The van der Waals surface area contributed by atoms with Gasteiger partial charge < -0.3 is 0 Å². The zero-order valence-electron chi connectivity index (χ0n) is 25.8. The molecule has 0 rings (SSSR count). The molecule has 0 amide bonds. The third-order valence-corrected chi connectivity index (χ3v) is 15.3. The third kappa shape index (κ3) is 9.71. The maximum Gasteiger partial charge on any atom is -0.00897 e. The molecule has 0 aromatic heterocycles. The Kier molecular flexibility index (Phi) is 19.8. The molecule has 0 heterocycles. The van der Waals surface area contributed by atoms with Crippen LogP contribution in [0.2, 0.25) is 0 Å². The fraction of sp³-hybridized carbons (Fsp3) is 1.00. The lowest BCUT2D eigenvalue weighted by atomic mass is 9.91. The number of unbranched alkanes of at least 4 members (excludes halogenated alkanes) is 9. The second-order valence-corrected chi connectivity index (χ2v) is 15.1. The summed E-state index contributed by atoms with van der Waals surface area (Å²) in [6.45, 7) is 22.6. The van der Waals surface area contributed by atoms with E-state index in [0.717, 1.165) is 0 Å². The van der Waals surface area contributed by atoms with Gasteiger partial charge in [0.25, 0.3) is 0 Å². The first kappa shape index (κ1) is 34.4. The smallest absolute Gasteiger partial charge is 0.00897 e. The van der Waals surface area contributed by atoms with E-state index in [4.69, 9.17) is 0 Å². The molecule has 0 saturated carbocycles. The van der Waals surface area contributed by atoms with Crippen LogP contribution in [0.3, 0.4) is 0 Å². The summed E-state index contributed by atoms with van der Waals surface area (Å²) in [5.74, 6) is 0. The van der Waals surface area contributed by atoms with Crippen LogP contribution in [0.1, 0.15) is 197 Å². The lowest BCUT2D eigenvalue weighted by Gasteiger charge is -2.60. The summed E-state index contributed by atoms with van der Waals surface area (Å²) in [6, 6.07) is 0. The highest BCUT2D eigenvalue weighted by atomic mass is 31.1. The van der Waals surface area contributed by atoms with E-state index in [0.29, 0.717) is 15.5 Å². The largest absolute Gasteiger partial charge is 0.0877 e. The molecule has 34 heavy (non-hydrogen) atoms. The predicted octanol–water partition coefficient (Wildman–Crippen LogP) is 13.1. The molecule has 0 aromatic carbocycles. The van der Waals surface area contributed by atoms with Gasteiger partial charge >= 0.3 is 0 Å². The molecule has 206 valence electrons. The van der Waals surface area contributed by atoms with Gasteiger partial charge in [0, 0.05) is 0 Å². The molecule has 0 bridgehead atoms. The Balaban J connectivity index is 6.52. The fourth-order valence-electron chi connectivity index (χ4n) is 7.25. The van der Waals surface area contributed by atoms with Crippen LogP contribution in [0.15, 0.2) is 0 Å². The first-order valence-corrected chi connectivity index (χ1v) is 17.6. The van der Waals surface area contributed by atoms with Gasteiger partial charge in [-0.15, -0.1) is 0 Å². The van der Waals surface area contributed by atoms with Crippen molar-refractivity contribution in [2.45, 2.75) is 213 Å². The summed E-state index contributed by atoms with van der Waals surface area (Å²) in [4.78, 5) is 0. The highest BCUT2D eigenvalue weighted by molar-refractivity contribution is 7.62. The van der Waals surface area contributed by atoms with Crippen LogP contribution in [0.25, 0.3) is 0 Å². The summed E-state index contributed by atoms with van der Waals surface area (Å²) in [5.41, 5.74) is 0. The summed E-state index contributed by atoms with van der Waals surface area (Å²) >= 11 is 0. The lowest BCUT2D eigenvalue weighted by molar-refractivity contribution is 0.375. The Bertz CT molecular complexity index is 375. The SMILES string of the molecule is CCCCCCC(CC)(CC)P(C(CC)(CC)CCCCCC)C(CC)(CC)CCCCCC. The Morgan fingerprint density at radius 2 is 0.559 bits per heavy atom. The molecule has 0 fully saturated rings. The van der Waals surface area contributed by atoms with E-state index in [1.165, 1.54) is 135 Å². The van der Waals surface area contributed by atoms with Crippen LogP contribution < -0.4 is 0 Å². The molecule has 0 radical (unpaired) electrons. The van der Waals surface area contributed by atoms with E-state index < -0.39 is 0 Å². The molecular weight excluding hydrogens is 427 g/mol. The van der Waals surface area contributed by atoms with Gasteiger partial charge in [0.15, 0.2) is 0 Å². The summed E-state index contributed by atoms with van der Waals surface area (Å²) in [7, 11) is -0.0670. The van der Waals surface area contributed by atoms with Crippen LogP contribution in [0.4, 0.5) is 0 Å². The minimum absolute atomic E-state index is 0.0670. The first-order chi connectivity index (χ1) is 16.4. The van der Waals surface area contributed by atoms with Gasteiger partial charge in [-0.2, -0.15) is 0 Å². The zero-order chi connectivity index (χ0) is 25.9. The summed E-state index contributed by atoms with van der Waals surface area (Å²) in [6.07, 6.45) is 30.1. The van der Waals surface area contributed by atoms with Crippen LogP contribution in [-0.2, 0) is 0 Å². The van der Waals surface area contributed by atoms with Crippen LogP contribution in [-0.4, -0.2) is 15.5 Å². The molecule has 0 atom stereocenters. The molecular formula is C33H69P. The lowest BCUT2D eigenvalue weighted by Crippen LogP contribution is -2.47. The van der Waals surface area contributed by atoms with Crippen molar-refractivity contribution in [2.75, 3.05) is 0 Å². The standard InChI is InChI=1S/C33H69P/c1-10-19-22-25-28-31(13-4,14-5)34(32(15-6,16-7)29-26-23-20-11-2)33(17-8,18-9)30-27-24-21-12-3/h10-30H2,1-9H3. The van der Waals surface area contributed by atoms with E-state index in [1.807, 2.05) is 0 Å². The van der Waals surface area contributed by atoms with Crippen molar-refractivity contribution in [3.63, 3.8) is 0 Å². The van der Waals surface area contributed by atoms with Crippen LogP contribution in [0, 0.1) is 0 Å². The Labute approximate surface area is 220 Å². The molecule has 0 aliphatic heterocycles. The molecule has 0 spiro atoms. The Hall–Kier alpha value is 0.430. The van der Waals surface area contributed by atoms with E-state index in [1.54, 1.807) is 0 Å². The van der Waals surface area contributed by atoms with Crippen molar-refractivity contribution < 1.29 is 0 Å². The van der Waals surface area contributed by atoms with Crippen molar-refractivity contribution in [1.29, 1.82) is 0 Å². The molecule has 0 unspecified atom stereocenters. The fourth-order valence-corrected chi connectivity index (χ4v) is 13.3. The molecule has 0 saturated heterocycles. The van der Waals surface area contributed by atoms with E-state index in [9.17, 15) is 0 Å². The van der Waals surface area contributed by atoms with Crippen molar-refractivity contribution in [2.24, 2.45) is 0 Å². The minimum atomic E-state index is -0.0670. The van der Waals surface area contributed by atoms with Crippen LogP contribution >= 0.6 is 7.92 Å². The number of hydrogen-bond acceptors (Lipinski definition) is 0. The quantitative estimate of drug-likeness (QED) is 0.0920. The van der Waals surface area contributed by atoms with Gasteiger partial charge in [-0.05, 0) is 73.3 Å². The van der Waals surface area contributed by atoms with Crippen molar-refractivity contribution in [3.05, 3.63) is 0 Å². The van der Waals surface area contributed by atoms with Gasteiger partial charge in [-0.3, -0.25) is 0 Å². The maximum absolute atomic E-state index is 2.58. The zero-order valence-corrected chi connectivity index (χ0v) is 26.7. The molecule has 0 N–H and O–H groups in total. The summed E-state index contributed by atoms with van der Waals surface area (Å²) < 4.78 is 0. The highest BCUT2D eigenvalue weighted by Crippen LogP contribution is 2.76. The van der Waals surface area contributed by atoms with Crippen molar-refractivity contribution in [1.82, 2.24) is 0 Å². The van der Waals surface area contributed by atoms with Gasteiger partial charge in [-0.25, -0.2) is 0 Å². The van der Waals surface area contributed by atoms with Gasteiger partial charge in [0.1, 0.15) is 0 Å². The van der Waals surface area contributed by atoms with Crippen LogP contribution in [0.5, 0.6) is 0 Å². The van der Waals surface area contributed by atoms with E-state index >= 15 is 0 Å². The Morgan fingerprint density at radius 3 is 0.735 bits per heavy atom. The van der Waals surface area contributed by atoms with E-state index in [2.05, 4.69) is 62.3 Å². The predicted molar refractivity (Wildman–Crippen MR) is 163 cm³/mol. The average molecular weight is 497 g/mol. The number of hydrogen-bond donors (Lipinski definition) is 0. The highest BCUT2D eigenvalue weighted by Gasteiger charge is 2.54. The first-order valence-electron chi connectivity index (χ1n) is 16.2. The number of rotatable bonds is 24. The molecule has 0 nitrogen and oxygen atoms in total. The Morgan fingerprint density at radius 1 is 0.324 bits per heavy atom. The molecule has 0 aliphatic carbocycles. The van der Waals surface area contributed by atoms with Gasteiger partial charge in [-0.1, -0.05) is 147 Å². The topological polar surface area (TPSA) is 0 Å². The minimum Gasteiger partial charge on any atom is -0.0877 e. The molecule has 1 heteroatoms. The molecule has 0 aromatic rings. The van der Waals surface area contributed by atoms with Crippen molar-refractivity contribution in [3.8, 4) is 0 Å². The van der Waals surface area contributed by atoms with Crippen molar-refractivity contribution >= 4 is 7.92 Å². The maximum atomic E-state index is 2.58.